The number of halogens is 1. The number of benzene rings is 1. The Morgan fingerprint density at radius 2 is 2.05 bits per heavy atom. The van der Waals surface area contributed by atoms with Gasteiger partial charge in [-0.1, -0.05) is 25.4 Å². The number of nitro groups is 1. The zero-order chi connectivity index (χ0) is 15.6. The van der Waals surface area contributed by atoms with Gasteiger partial charge in [0.25, 0.3) is 11.6 Å². The molecule has 0 spiro atoms. The average molecular weight is 311 g/mol. The van der Waals surface area contributed by atoms with Crippen molar-refractivity contribution in [2.75, 3.05) is 0 Å². The molecule has 1 aliphatic carbocycles. The summed E-state index contributed by atoms with van der Waals surface area (Å²) in [5.41, 5.74) is 0.171. The smallest absolute Gasteiger partial charge is 0.270 e. The molecule has 1 fully saturated rings. The molecule has 21 heavy (non-hydrogen) atoms. The van der Waals surface area contributed by atoms with Crippen LogP contribution in [0.1, 0.15) is 43.5 Å². The third-order valence-corrected chi connectivity index (χ3v) is 4.65. The highest BCUT2D eigenvalue weighted by Crippen LogP contribution is 2.30. The van der Waals surface area contributed by atoms with Crippen LogP contribution in [-0.2, 0) is 0 Å². The van der Waals surface area contributed by atoms with E-state index in [1.54, 1.807) is 0 Å². The van der Waals surface area contributed by atoms with Gasteiger partial charge in [-0.2, -0.15) is 0 Å². The van der Waals surface area contributed by atoms with Crippen molar-refractivity contribution in [3.05, 3.63) is 38.9 Å². The number of nitro benzene ring substituents is 1. The first kappa shape index (κ1) is 15.8. The Morgan fingerprint density at radius 3 is 2.62 bits per heavy atom. The SMILES string of the molecule is CC1CCC(NC(=O)c2ccc([N+](=O)[O-])cc2Cl)CC1C. The van der Waals surface area contributed by atoms with Gasteiger partial charge in [0.05, 0.1) is 15.5 Å². The number of amides is 1. The zero-order valence-corrected chi connectivity index (χ0v) is 12.9. The summed E-state index contributed by atoms with van der Waals surface area (Å²) < 4.78 is 0. The molecule has 1 saturated carbocycles. The predicted octanol–water partition coefficient (Wildman–Crippen LogP) is 3.80. The molecule has 5 nitrogen and oxygen atoms in total. The predicted molar refractivity (Wildman–Crippen MR) is 81.5 cm³/mol. The van der Waals surface area contributed by atoms with E-state index < -0.39 is 4.92 Å². The molecule has 3 atom stereocenters. The lowest BCUT2D eigenvalue weighted by Crippen LogP contribution is -2.39. The normalized spacial score (nSPS) is 25.4. The van der Waals surface area contributed by atoms with Crippen molar-refractivity contribution >= 4 is 23.2 Å². The van der Waals surface area contributed by atoms with E-state index >= 15 is 0 Å². The van der Waals surface area contributed by atoms with E-state index in [0.29, 0.717) is 11.8 Å². The summed E-state index contributed by atoms with van der Waals surface area (Å²) in [6, 6.07) is 4.06. The number of nitrogens with one attached hydrogen (secondary N) is 1. The van der Waals surface area contributed by atoms with Crippen LogP contribution in [0.15, 0.2) is 18.2 Å². The Labute approximate surface area is 128 Å². The van der Waals surface area contributed by atoms with Gasteiger partial charge < -0.3 is 5.32 Å². The Kier molecular flexibility index (Phi) is 4.83. The molecule has 0 saturated heterocycles. The van der Waals surface area contributed by atoms with E-state index in [1.165, 1.54) is 18.2 Å². The third kappa shape index (κ3) is 3.73. The highest BCUT2D eigenvalue weighted by molar-refractivity contribution is 6.34. The lowest BCUT2D eigenvalue weighted by molar-refractivity contribution is -0.384. The summed E-state index contributed by atoms with van der Waals surface area (Å²) in [6.07, 6.45) is 3.01. The van der Waals surface area contributed by atoms with E-state index in [1.807, 2.05) is 0 Å². The highest BCUT2D eigenvalue weighted by Gasteiger charge is 2.26. The largest absolute Gasteiger partial charge is 0.349 e. The molecule has 2 rings (SSSR count). The molecular formula is C15H19ClN2O3. The molecule has 6 heteroatoms. The zero-order valence-electron chi connectivity index (χ0n) is 12.1. The maximum Gasteiger partial charge on any atom is 0.270 e. The van der Waals surface area contributed by atoms with Crippen LogP contribution < -0.4 is 5.32 Å². The van der Waals surface area contributed by atoms with Crippen LogP contribution in [0, 0.1) is 22.0 Å². The van der Waals surface area contributed by atoms with Crippen molar-refractivity contribution < 1.29 is 9.72 Å². The number of carbonyl (C=O) groups is 1. The first-order valence-corrected chi connectivity index (χ1v) is 7.51. The topological polar surface area (TPSA) is 72.2 Å². The van der Waals surface area contributed by atoms with E-state index in [4.69, 9.17) is 11.6 Å². The summed E-state index contributed by atoms with van der Waals surface area (Å²) in [5.74, 6) is 0.999. The molecule has 0 radical (unpaired) electrons. The fraction of sp³-hybridized carbons (Fsp3) is 0.533. The first-order chi connectivity index (χ1) is 9.88. The Bertz CT molecular complexity index is 562. The molecule has 3 unspecified atom stereocenters. The lowest BCUT2D eigenvalue weighted by Gasteiger charge is -2.32. The van der Waals surface area contributed by atoms with Crippen LogP contribution in [0.5, 0.6) is 0 Å². The minimum Gasteiger partial charge on any atom is -0.349 e. The van der Waals surface area contributed by atoms with Gasteiger partial charge in [-0.25, -0.2) is 0 Å². The molecule has 0 aliphatic heterocycles. The Morgan fingerprint density at radius 1 is 1.33 bits per heavy atom. The quantitative estimate of drug-likeness (QED) is 0.681. The molecule has 1 N–H and O–H groups in total. The number of nitrogens with zero attached hydrogens (tertiary/aromatic N) is 1. The fourth-order valence-electron chi connectivity index (χ4n) is 2.74. The van der Waals surface area contributed by atoms with Crippen molar-refractivity contribution in [2.45, 2.75) is 39.2 Å². The molecule has 1 aliphatic rings. The van der Waals surface area contributed by atoms with Crippen molar-refractivity contribution in [3.63, 3.8) is 0 Å². The summed E-state index contributed by atoms with van der Waals surface area (Å²) >= 11 is 5.97. The number of hydrogen-bond donors (Lipinski definition) is 1. The number of rotatable bonds is 3. The lowest BCUT2D eigenvalue weighted by atomic mass is 9.79. The fourth-order valence-corrected chi connectivity index (χ4v) is 3.00. The van der Waals surface area contributed by atoms with Gasteiger partial charge in [0.15, 0.2) is 0 Å². The van der Waals surface area contributed by atoms with Crippen molar-refractivity contribution in [3.8, 4) is 0 Å². The van der Waals surface area contributed by atoms with Gasteiger partial charge in [0, 0.05) is 18.2 Å². The van der Waals surface area contributed by atoms with E-state index in [-0.39, 0.29) is 28.2 Å². The number of non-ortho nitro benzene ring substituents is 1. The molecule has 1 aromatic rings. The highest BCUT2D eigenvalue weighted by atomic mass is 35.5. The minimum atomic E-state index is -0.530. The monoisotopic (exact) mass is 310 g/mol. The van der Waals surface area contributed by atoms with Crippen molar-refractivity contribution in [1.82, 2.24) is 5.32 Å². The summed E-state index contributed by atoms with van der Waals surface area (Å²) in [4.78, 5) is 22.4. The van der Waals surface area contributed by atoms with Gasteiger partial charge in [0.1, 0.15) is 0 Å². The van der Waals surface area contributed by atoms with Gasteiger partial charge >= 0.3 is 0 Å². The summed E-state index contributed by atoms with van der Waals surface area (Å²) in [6.45, 7) is 4.43. The minimum absolute atomic E-state index is 0.110. The van der Waals surface area contributed by atoms with Gasteiger partial charge in [-0.3, -0.25) is 14.9 Å². The summed E-state index contributed by atoms with van der Waals surface area (Å²) in [7, 11) is 0. The van der Waals surface area contributed by atoms with E-state index in [2.05, 4.69) is 19.2 Å². The first-order valence-electron chi connectivity index (χ1n) is 7.13. The van der Waals surface area contributed by atoms with Crippen LogP contribution in [0.2, 0.25) is 5.02 Å². The molecule has 0 heterocycles. The van der Waals surface area contributed by atoms with Crippen molar-refractivity contribution in [1.29, 1.82) is 0 Å². The maximum absolute atomic E-state index is 12.2. The van der Waals surface area contributed by atoms with Gasteiger partial charge in [-0.15, -0.1) is 0 Å². The second-order valence-electron chi connectivity index (χ2n) is 5.86. The van der Waals surface area contributed by atoms with Crippen molar-refractivity contribution in [2.24, 2.45) is 11.8 Å². The molecule has 1 amide bonds. The molecular weight excluding hydrogens is 292 g/mol. The van der Waals surface area contributed by atoms with Gasteiger partial charge in [0.2, 0.25) is 0 Å². The average Bonchev–Trinajstić information content (AvgIpc) is 2.42. The Balaban J connectivity index is 2.05. The van der Waals surface area contributed by atoms with Gasteiger partial charge in [-0.05, 0) is 37.2 Å². The van der Waals surface area contributed by atoms with Crippen LogP contribution in [-0.4, -0.2) is 16.9 Å². The van der Waals surface area contributed by atoms with Crippen LogP contribution in [0.3, 0.4) is 0 Å². The third-order valence-electron chi connectivity index (χ3n) is 4.34. The molecule has 0 aromatic heterocycles. The number of carbonyl (C=O) groups excluding carboxylic acids is 1. The maximum atomic E-state index is 12.2. The molecule has 0 bridgehead atoms. The number of hydrogen-bond acceptors (Lipinski definition) is 3. The van der Waals surface area contributed by atoms with Crippen LogP contribution >= 0.6 is 11.6 Å². The standard InChI is InChI=1S/C15H19ClN2O3/c1-9-3-4-11(7-10(9)2)17-15(19)13-6-5-12(18(20)21)8-14(13)16/h5-6,8-11H,3-4,7H2,1-2H3,(H,17,19). The van der Waals surface area contributed by atoms with Crippen LogP contribution in [0.4, 0.5) is 5.69 Å². The summed E-state index contributed by atoms with van der Waals surface area (Å²) in [5, 5.41) is 13.8. The van der Waals surface area contributed by atoms with Crippen LogP contribution in [0.25, 0.3) is 0 Å². The van der Waals surface area contributed by atoms with E-state index in [0.717, 1.165) is 19.3 Å². The second-order valence-corrected chi connectivity index (χ2v) is 6.27. The van der Waals surface area contributed by atoms with E-state index in [9.17, 15) is 14.9 Å². The molecule has 1 aromatic carbocycles. The Hall–Kier alpha value is -1.62. The second kappa shape index (κ2) is 6.43. The molecule has 114 valence electrons.